The number of nitrogens with zero attached hydrogens (tertiary/aromatic N) is 1. The lowest BCUT2D eigenvalue weighted by Gasteiger charge is -2.19. The van der Waals surface area contributed by atoms with E-state index in [4.69, 9.17) is 16.7 Å². The molecule has 2 N–H and O–H groups in total. The fraction of sp³-hybridized carbons (Fsp3) is 0.364. The number of carbonyl (C=O) groups is 1. The molecule has 0 aromatic heterocycles. The summed E-state index contributed by atoms with van der Waals surface area (Å²) in [6.07, 6.45) is -2.69. The minimum Gasteiger partial charge on any atom is -0.336 e. The van der Waals surface area contributed by atoms with Gasteiger partial charge >= 0.3 is 0 Å². The second kappa shape index (κ2) is 6.02. The maximum atomic E-state index is 12.3. The molecule has 0 saturated heterocycles. The number of amides is 1. The Bertz CT molecular complexity index is 635. The van der Waals surface area contributed by atoms with E-state index >= 15 is 0 Å². The summed E-state index contributed by atoms with van der Waals surface area (Å²) in [5, 5.41) is 5.00. The number of benzene rings is 1. The Morgan fingerprint density at radius 2 is 2.00 bits per heavy atom. The Morgan fingerprint density at radius 1 is 1.45 bits per heavy atom. The van der Waals surface area contributed by atoms with Gasteiger partial charge in [-0.05, 0) is 24.6 Å². The van der Waals surface area contributed by atoms with Gasteiger partial charge in [-0.15, -0.1) is 0 Å². The smallest absolute Gasteiger partial charge is 0.255 e. The highest BCUT2D eigenvalue weighted by atomic mass is 35.5. The molecular weight excluding hydrogens is 314 g/mol. The Balaban J connectivity index is 3.33. The number of sulfonamides is 1. The van der Waals surface area contributed by atoms with Gasteiger partial charge in [0.2, 0.25) is 10.0 Å². The highest BCUT2D eigenvalue weighted by Gasteiger charge is 2.22. The molecular formula is C11H13ClF2N2O3S. The summed E-state index contributed by atoms with van der Waals surface area (Å²) >= 11 is 5.74. The normalized spacial score (nSPS) is 11.8. The van der Waals surface area contributed by atoms with Crippen LogP contribution in [0.2, 0.25) is 5.02 Å². The molecule has 20 heavy (non-hydrogen) atoms. The third-order valence-electron chi connectivity index (χ3n) is 2.62. The van der Waals surface area contributed by atoms with Crippen LogP contribution in [0.15, 0.2) is 17.0 Å². The van der Waals surface area contributed by atoms with Crippen molar-refractivity contribution in [2.45, 2.75) is 18.2 Å². The highest BCUT2D eigenvalue weighted by Crippen LogP contribution is 2.24. The molecule has 0 spiro atoms. The van der Waals surface area contributed by atoms with Gasteiger partial charge in [-0.2, -0.15) is 0 Å². The second-order valence-electron chi connectivity index (χ2n) is 4.20. The second-order valence-corrected chi connectivity index (χ2v) is 6.16. The molecule has 0 bridgehead atoms. The standard InChI is InChI=1S/C11H13ClF2N2O3S/c1-6-8(11(17)16(2)5-10(13)14)3-7(12)4-9(6)20(15,18)19/h3-4,10H,5H2,1-2H3,(H2,15,18,19). The fourth-order valence-corrected chi connectivity index (χ4v) is 2.78. The Labute approximate surface area is 120 Å². The zero-order chi connectivity index (χ0) is 15.7. The van der Waals surface area contributed by atoms with Crippen LogP contribution in [0, 0.1) is 6.92 Å². The molecule has 0 aliphatic heterocycles. The average Bonchev–Trinajstić information content (AvgIpc) is 2.28. The summed E-state index contributed by atoms with van der Waals surface area (Å²) in [5.41, 5.74) is -0.00677. The quantitative estimate of drug-likeness (QED) is 0.913. The van der Waals surface area contributed by atoms with Crippen LogP contribution in [0.4, 0.5) is 8.78 Å². The largest absolute Gasteiger partial charge is 0.336 e. The van der Waals surface area contributed by atoms with Crippen molar-refractivity contribution in [1.29, 1.82) is 0 Å². The molecule has 1 rings (SSSR count). The van der Waals surface area contributed by atoms with E-state index in [1.54, 1.807) is 0 Å². The molecule has 0 saturated carbocycles. The number of hydrogen-bond donors (Lipinski definition) is 1. The first-order chi connectivity index (χ1) is 9.04. The van der Waals surface area contributed by atoms with E-state index in [-0.39, 0.29) is 21.0 Å². The third-order valence-corrected chi connectivity index (χ3v) is 3.88. The molecule has 0 atom stereocenters. The Hall–Kier alpha value is -1.25. The molecule has 5 nitrogen and oxygen atoms in total. The van der Waals surface area contributed by atoms with E-state index in [2.05, 4.69) is 0 Å². The van der Waals surface area contributed by atoms with Crippen molar-refractivity contribution < 1.29 is 22.0 Å². The van der Waals surface area contributed by atoms with Gasteiger partial charge in [-0.25, -0.2) is 22.3 Å². The zero-order valence-electron chi connectivity index (χ0n) is 10.7. The Morgan fingerprint density at radius 3 is 2.45 bits per heavy atom. The summed E-state index contributed by atoms with van der Waals surface area (Å²) in [6, 6.07) is 2.33. The lowest BCUT2D eigenvalue weighted by Crippen LogP contribution is -2.32. The van der Waals surface area contributed by atoms with Crippen molar-refractivity contribution in [2.75, 3.05) is 13.6 Å². The zero-order valence-corrected chi connectivity index (χ0v) is 12.3. The van der Waals surface area contributed by atoms with Gasteiger partial charge in [0.25, 0.3) is 12.3 Å². The van der Waals surface area contributed by atoms with Gasteiger partial charge in [0.15, 0.2) is 0 Å². The van der Waals surface area contributed by atoms with Crippen LogP contribution in [0.1, 0.15) is 15.9 Å². The monoisotopic (exact) mass is 326 g/mol. The molecule has 0 fully saturated rings. The number of alkyl halides is 2. The van der Waals surface area contributed by atoms with Crippen LogP contribution < -0.4 is 5.14 Å². The number of primary sulfonamides is 1. The lowest BCUT2D eigenvalue weighted by atomic mass is 10.1. The fourth-order valence-electron chi connectivity index (χ4n) is 1.67. The first-order valence-electron chi connectivity index (χ1n) is 5.40. The van der Waals surface area contributed by atoms with Crippen LogP contribution in [-0.4, -0.2) is 39.2 Å². The van der Waals surface area contributed by atoms with Crippen molar-refractivity contribution >= 4 is 27.5 Å². The maximum Gasteiger partial charge on any atom is 0.255 e. The minimum absolute atomic E-state index is 0.0200. The van der Waals surface area contributed by atoms with Crippen LogP contribution in [-0.2, 0) is 10.0 Å². The van der Waals surface area contributed by atoms with Crippen LogP contribution in [0.25, 0.3) is 0 Å². The molecule has 1 aromatic carbocycles. The lowest BCUT2D eigenvalue weighted by molar-refractivity contribution is 0.0619. The van der Waals surface area contributed by atoms with Gasteiger partial charge in [0.1, 0.15) is 0 Å². The third kappa shape index (κ3) is 3.87. The number of nitrogens with two attached hydrogens (primary N) is 1. The predicted molar refractivity (Wildman–Crippen MR) is 70.5 cm³/mol. The van der Waals surface area contributed by atoms with Crippen molar-refractivity contribution in [3.8, 4) is 0 Å². The highest BCUT2D eigenvalue weighted by molar-refractivity contribution is 7.89. The molecule has 0 aliphatic carbocycles. The van der Waals surface area contributed by atoms with Crippen molar-refractivity contribution in [3.05, 3.63) is 28.3 Å². The van der Waals surface area contributed by atoms with Gasteiger partial charge in [0, 0.05) is 17.6 Å². The summed E-state index contributed by atoms with van der Waals surface area (Å²) in [7, 11) is -2.88. The van der Waals surface area contributed by atoms with E-state index < -0.39 is 28.9 Å². The van der Waals surface area contributed by atoms with E-state index in [0.717, 1.165) is 11.0 Å². The van der Waals surface area contributed by atoms with Crippen LogP contribution >= 0.6 is 11.6 Å². The Kier molecular flexibility index (Phi) is 5.06. The van der Waals surface area contributed by atoms with Gasteiger partial charge in [-0.3, -0.25) is 4.79 Å². The number of carbonyl (C=O) groups excluding carboxylic acids is 1. The first-order valence-corrected chi connectivity index (χ1v) is 7.33. The van der Waals surface area contributed by atoms with Crippen molar-refractivity contribution in [2.24, 2.45) is 5.14 Å². The summed E-state index contributed by atoms with van der Waals surface area (Å²) < 4.78 is 47.4. The number of hydrogen-bond acceptors (Lipinski definition) is 3. The number of halogens is 3. The topological polar surface area (TPSA) is 80.5 Å². The molecule has 0 radical (unpaired) electrons. The SMILES string of the molecule is Cc1c(C(=O)N(C)CC(F)F)cc(Cl)cc1S(N)(=O)=O. The van der Waals surface area contributed by atoms with Gasteiger partial charge in [-0.1, -0.05) is 11.6 Å². The molecule has 112 valence electrons. The predicted octanol–water partition coefficient (Wildman–Crippen LogP) is 1.63. The summed E-state index contributed by atoms with van der Waals surface area (Å²) in [4.78, 5) is 12.5. The van der Waals surface area contributed by atoms with Crippen molar-refractivity contribution in [3.63, 3.8) is 0 Å². The van der Waals surface area contributed by atoms with E-state index in [1.807, 2.05) is 0 Å². The molecule has 1 aromatic rings. The van der Waals surface area contributed by atoms with E-state index in [0.29, 0.717) is 0 Å². The van der Waals surface area contributed by atoms with E-state index in [9.17, 15) is 22.0 Å². The summed E-state index contributed by atoms with van der Waals surface area (Å²) in [5.74, 6) is -0.754. The maximum absolute atomic E-state index is 12.3. The molecule has 0 unspecified atom stereocenters. The van der Waals surface area contributed by atoms with Crippen molar-refractivity contribution in [1.82, 2.24) is 4.90 Å². The van der Waals surface area contributed by atoms with E-state index in [1.165, 1.54) is 20.0 Å². The molecule has 0 heterocycles. The van der Waals surface area contributed by atoms with Crippen LogP contribution in [0.3, 0.4) is 0 Å². The number of rotatable bonds is 4. The molecule has 1 amide bonds. The molecule has 0 aliphatic rings. The first kappa shape index (κ1) is 16.8. The van der Waals surface area contributed by atoms with Gasteiger partial charge in [0.05, 0.1) is 11.4 Å². The average molecular weight is 327 g/mol. The van der Waals surface area contributed by atoms with Gasteiger partial charge < -0.3 is 4.90 Å². The summed E-state index contributed by atoms with van der Waals surface area (Å²) in [6.45, 7) is 0.592. The minimum atomic E-state index is -4.06. The molecule has 9 heteroatoms. The van der Waals surface area contributed by atoms with Crippen LogP contribution in [0.5, 0.6) is 0 Å².